The SMILES string of the molecule is CB(O)NC(C)(C)C(=O)NC(CCCc1ccccc1)C(=O)Nc1cn(Cc2cccc(NS(C)(=O)=O)c2)cn1. The Kier molecular flexibility index (Phi) is 10.5. The van der Waals surface area contributed by atoms with Gasteiger partial charge in [-0.2, -0.15) is 0 Å². The summed E-state index contributed by atoms with van der Waals surface area (Å²) in [5.74, 6) is -0.501. The van der Waals surface area contributed by atoms with Gasteiger partial charge in [0, 0.05) is 18.4 Å². The van der Waals surface area contributed by atoms with Gasteiger partial charge in [0.15, 0.2) is 5.82 Å². The molecule has 0 saturated carbocycles. The van der Waals surface area contributed by atoms with Gasteiger partial charge in [0.05, 0.1) is 18.1 Å². The molecule has 3 rings (SSSR count). The predicted molar refractivity (Wildman–Crippen MR) is 157 cm³/mol. The van der Waals surface area contributed by atoms with Crippen LogP contribution < -0.4 is 20.6 Å². The van der Waals surface area contributed by atoms with Crippen molar-refractivity contribution in [3.63, 3.8) is 0 Å². The number of carbonyl (C=O) groups excluding carboxylic acids is 2. The lowest BCUT2D eigenvalue weighted by Gasteiger charge is -2.28. The van der Waals surface area contributed by atoms with E-state index in [9.17, 15) is 23.0 Å². The number of nitrogens with zero attached hydrogens (tertiary/aromatic N) is 2. The first-order chi connectivity index (χ1) is 18.8. The van der Waals surface area contributed by atoms with Crippen molar-refractivity contribution in [2.75, 3.05) is 16.3 Å². The molecule has 1 atom stereocenters. The van der Waals surface area contributed by atoms with Crippen LogP contribution in [-0.2, 0) is 32.6 Å². The summed E-state index contributed by atoms with van der Waals surface area (Å²) in [6.07, 6.45) is 6.13. The highest BCUT2D eigenvalue weighted by atomic mass is 32.2. The minimum Gasteiger partial charge on any atom is -0.437 e. The number of benzene rings is 2. The van der Waals surface area contributed by atoms with Gasteiger partial charge in [-0.3, -0.25) is 14.3 Å². The summed E-state index contributed by atoms with van der Waals surface area (Å²) in [7, 11) is -4.30. The molecule has 1 unspecified atom stereocenters. The van der Waals surface area contributed by atoms with E-state index in [4.69, 9.17) is 0 Å². The fraction of sp³-hybridized carbons (Fsp3) is 0.370. The standard InChI is InChI=1S/C27H37BN6O5S/c1-27(2,33-28(3)37)26(36)30-23(15-9-12-20-10-6-5-7-11-20)25(35)31-24-18-34(19-29-24)17-21-13-8-14-22(16-21)32-40(4,38)39/h5-8,10-11,13-14,16,18-19,23,32-33,37H,9,12,15,17H2,1-4H3,(H,30,36)(H,31,35). The topological polar surface area (TPSA) is 154 Å². The largest absolute Gasteiger partial charge is 0.437 e. The summed E-state index contributed by atoms with van der Waals surface area (Å²) in [5, 5.41) is 18.1. The van der Waals surface area contributed by atoms with E-state index in [1.807, 2.05) is 36.4 Å². The monoisotopic (exact) mass is 568 g/mol. The highest BCUT2D eigenvalue weighted by molar-refractivity contribution is 7.92. The molecule has 3 aromatic rings. The van der Waals surface area contributed by atoms with Crippen molar-refractivity contribution in [3.05, 3.63) is 78.2 Å². The number of rotatable bonds is 14. The number of aryl methyl sites for hydroxylation is 1. The Labute approximate surface area is 236 Å². The number of sulfonamides is 1. The normalized spacial score (nSPS) is 12.4. The molecule has 0 bridgehead atoms. The molecule has 40 heavy (non-hydrogen) atoms. The second kappa shape index (κ2) is 13.6. The Morgan fingerprint density at radius 1 is 1.10 bits per heavy atom. The molecule has 11 nitrogen and oxygen atoms in total. The van der Waals surface area contributed by atoms with E-state index < -0.39 is 40.5 Å². The quantitative estimate of drug-likeness (QED) is 0.187. The highest BCUT2D eigenvalue weighted by Crippen LogP contribution is 2.15. The van der Waals surface area contributed by atoms with Crippen LogP contribution in [-0.4, -0.2) is 59.7 Å². The molecule has 0 aliphatic heterocycles. The highest BCUT2D eigenvalue weighted by Gasteiger charge is 2.32. The van der Waals surface area contributed by atoms with Crippen LogP contribution in [0.1, 0.15) is 37.8 Å². The molecular weight excluding hydrogens is 531 g/mol. The number of aromatic nitrogens is 2. The van der Waals surface area contributed by atoms with Crippen LogP contribution in [0.25, 0.3) is 0 Å². The van der Waals surface area contributed by atoms with E-state index in [1.54, 1.807) is 49.1 Å². The van der Waals surface area contributed by atoms with Gasteiger partial charge in [-0.15, -0.1) is 0 Å². The van der Waals surface area contributed by atoms with Gasteiger partial charge >= 0.3 is 7.05 Å². The second-order valence-corrected chi connectivity index (χ2v) is 12.1. The lowest BCUT2D eigenvalue weighted by molar-refractivity contribution is -0.130. The fourth-order valence-corrected chi connectivity index (χ4v) is 4.79. The van der Waals surface area contributed by atoms with E-state index in [0.717, 1.165) is 23.8 Å². The molecule has 0 aliphatic carbocycles. The Bertz CT molecular complexity index is 1400. The minimum absolute atomic E-state index is 0.319. The van der Waals surface area contributed by atoms with Gasteiger partial charge in [-0.1, -0.05) is 42.5 Å². The van der Waals surface area contributed by atoms with E-state index >= 15 is 0 Å². The van der Waals surface area contributed by atoms with Gasteiger partial charge in [0.1, 0.15) is 6.04 Å². The van der Waals surface area contributed by atoms with E-state index in [0.29, 0.717) is 30.9 Å². The van der Waals surface area contributed by atoms with Crippen LogP contribution in [0.4, 0.5) is 11.5 Å². The lowest BCUT2D eigenvalue weighted by atomic mass is 9.83. The molecule has 0 saturated heterocycles. The number of hydrogen-bond donors (Lipinski definition) is 5. The van der Waals surface area contributed by atoms with Crippen molar-refractivity contribution in [1.82, 2.24) is 20.1 Å². The number of hydrogen-bond acceptors (Lipinski definition) is 7. The molecule has 13 heteroatoms. The Hall–Kier alpha value is -3.68. The molecule has 0 spiro atoms. The van der Waals surface area contributed by atoms with Crippen molar-refractivity contribution in [2.24, 2.45) is 0 Å². The predicted octanol–water partition coefficient (Wildman–Crippen LogP) is 2.23. The maximum atomic E-state index is 13.3. The van der Waals surface area contributed by atoms with Crippen LogP contribution in [0.5, 0.6) is 0 Å². The van der Waals surface area contributed by atoms with Gasteiger partial charge in [-0.05, 0) is 63.2 Å². The minimum atomic E-state index is -3.39. The number of imidazole rings is 1. The maximum Gasteiger partial charge on any atom is 0.374 e. The van der Waals surface area contributed by atoms with Crippen molar-refractivity contribution >= 4 is 40.4 Å². The van der Waals surface area contributed by atoms with Crippen LogP contribution >= 0.6 is 0 Å². The molecule has 0 aliphatic rings. The fourth-order valence-electron chi connectivity index (χ4n) is 4.23. The first kappa shape index (κ1) is 30.9. The summed E-state index contributed by atoms with van der Waals surface area (Å²) >= 11 is 0. The Balaban J connectivity index is 1.67. The average Bonchev–Trinajstić information content (AvgIpc) is 3.28. The van der Waals surface area contributed by atoms with Crippen LogP contribution in [0.3, 0.4) is 0 Å². The van der Waals surface area contributed by atoms with E-state index in [1.165, 1.54) is 6.82 Å². The zero-order chi connectivity index (χ0) is 29.3. The van der Waals surface area contributed by atoms with Crippen molar-refractivity contribution in [1.29, 1.82) is 0 Å². The lowest BCUT2D eigenvalue weighted by Crippen LogP contribution is -2.60. The number of anilines is 2. The zero-order valence-electron chi connectivity index (χ0n) is 23.2. The summed E-state index contributed by atoms with van der Waals surface area (Å²) in [5.41, 5.74) is 1.32. The van der Waals surface area contributed by atoms with Crippen LogP contribution in [0, 0.1) is 0 Å². The van der Waals surface area contributed by atoms with Gasteiger partial charge in [0.25, 0.3) is 0 Å². The van der Waals surface area contributed by atoms with Crippen molar-refractivity contribution in [2.45, 2.75) is 58.1 Å². The van der Waals surface area contributed by atoms with Crippen LogP contribution in [0.2, 0.25) is 6.82 Å². The molecule has 5 N–H and O–H groups in total. The van der Waals surface area contributed by atoms with E-state index in [2.05, 4.69) is 25.6 Å². The van der Waals surface area contributed by atoms with Gasteiger partial charge < -0.3 is 25.5 Å². The first-order valence-corrected chi connectivity index (χ1v) is 14.9. The van der Waals surface area contributed by atoms with E-state index in [-0.39, 0.29) is 0 Å². The Morgan fingerprint density at radius 2 is 1.80 bits per heavy atom. The maximum absolute atomic E-state index is 13.3. The molecule has 214 valence electrons. The first-order valence-electron chi connectivity index (χ1n) is 13.0. The summed E-state index contributed by atoms with van der Waals surface area (Å²) in [4.78, 5) is 30.5. The van der Waals surface area contributed by atoms with Gasteiger partial charge in [0.2, 0.25) is 21.8 Å². The third-order valence-corrected chi connectivity index (χ3v) is 6.65. The van der Waals surface area contributed by atoms with Crippen molar-refractivity contribution in [3.8, 4) is 0 Å². The molecule has 0 radical (unpaired) electrons. The summed E-state index contributed by atoms with van der Waals surface area (Å²) in [6, 6.07) is 16.1. The molecule has 1 aromatic heterocycles. The number of carbonyl (C=O) groups is 2. The molecule has 2 amide bonds. The van der Waals surface area contributed by atoms with Crippen LogP contribution in [0.15, 0.2) is 67.1 Å². The summed E-state index contributed by atoms with van der Waals surface area (Å²) in [6.45, 7) is 5.19. The second-order valence-electron chi connectivity index (χ2n) is 10.3. The molecular formula is C27H37BN6O5S. The smallest absolute Gasteiger partial charge is 0.374 e. The Morgan fingerprint density at radius 3 is 2.48 bits per heavy atom. The summed E-state index contributed by atoms with van der Waals surface area (Å²) < 4.78 is 27.3. The van der Waals surface area contributed by atoms with Gasteiger partial charge in [-0.25, -0.2) is 13.4 Å². The molecule has 1 heterocycles. The third kappa shape index (κ3) is 10.1. The average molecular weight is 569 g/mol. The third-order valence-electron chi connectivity index (χ3n) is 6.04. The zero-order valence-corrected chi connectivity index (χ0v) is 24.0. The number of nitrogens with one attached hydrogen (secondary N) is 4. The van der Waals surface area contributed by atoms with Crippen molar-refractivity contribution < 1.29 is 23.0 Å². The molecule has 0 fully saturated rings. The molecule has 2 aromatic carbocycles. The number of amides is 2.